The van der Waals surface area contributed by atoms with Crippen LogP contribution in [0, 0.1) is 5.82 Å². The van der Waals surface area contributed by atoms with E-state index in [9.17, 15) is 4.39 Å². The molecule has 0 radical (unpaired) electrons. The molecule has 0 amide bonds. The van der Waals surface area contributed by atoms with E-state index in [2.05, 4.69) is 10.4 Å². The molecule has 21 heavy (non-hydrogen) atoms. The normalized spacial score (nSPS) is 12.5. The van der Waals surface area contributed by atoms with Crippen molar-refractivity contribution < 1.29 is 9.13 Å². The second-order valence-corrected chi connectivity index (χ2v) is 5.30. The molecule has 0 saturated carbocycles. The number of nitrogens with two attached hydrogens (primary N) is 1. The molecule has 6 heteroatoms. The Morgan fingerprint density at radius 3 is 2.62 bits per heavy atom. The van der Waals surface area contributed by atoms with E-state index in [1.165, 1.54) is 12.1 Å². The molecule has 1 heterocycles. The molecule has 1 atom stereocenters. The first-order valence-electron chi connectivity index (χ1n) is 6.54. The van der Waals surface area contributed by atoms with Crippen LogP contribution in [0.2, 0.25) is 5.02 Å². The first-order chi connectivity index (χ1) is 10.0. The third-order valence-electron chi connectivity index (χ3n) is 2.88. The smallest absolute Gasteiger partial charge is 0.142 e. The monoisotopic (exact) mass is 309 g/mol. The van der Waals surface area contributed by atoms with Gasteiger partial charge in [0.25, 0.3) is 0 Å². The zero-order valence-electron chi connectivity index (χ0n) is 11.8. The van der Waals surface area contributed by atoms with Gasteiger partial charge in [-0.25, -0.2) is 9.82 Å². The van der Waals surface area contributed by atoms with Crippen LogP contribution in [0.1, 0.15) is 31.0 Å². The van der Waals surface area contributed by atoms with Crippen LogP contribution in [0.25, 0.3) is 0 Å². The molecule has 2 rings (SSSR count). The number of halogens is 2. The lowest BCUT2D eigenvalue weighted by Crippen LogP contribution is -2.29. The van der Waals surface area contributed by atoms with E-state index >= 15 is 0 Å². The Hall–Kier alpha value is -1.69. The summed E-state index contributed by atoms with van der Waals surface area (Å²) in [6, 6.07) is 5.98. The van der Waals surface area contributed by atoms with Gasteiger partial charge in [-0.15, -0.1) is 0 Å². The lowest BCUT2D eigenvalue weighted by atomic mass is 10.0. The molecule has 0 aliphatic carbocycles. The predicted molar refractivity (Wildman–Crippen MR) is 80.6 cm³/mol. The van der Waals surface area contributed by atoms with Crippen LogP contribution in [-0.4, -0.2) is 11.1 Å². The van der Waals surface area contributed by atoms with Gasteiger partial charge in [-0.05, 0) is 43.2 Å². The molecule has 0 spiro atoms. The molecule has 0 aliphatic heterocycles. The summed E-state index contributed by atoms with van der Waals surface area (Å²) < 4.78 is 19.2. The van der Waals surface area contributed by atoms with E-state index in [0.29, 0.717) is 11.3 Å². The fourth-order valence-corrected chi connectivity index (χ4v) is 2.12. The maximum absolute atomic E-state index is 13.6. The van der Waals surface area contributed by atoms with Gasteiger partial charge in [0.15, 0.2) is 0 Å². The van der Waals surface area contributed by atoms with Gasteiger partial charge in [0, 0.05) is 6.20 Å². The van der Waals surface area contributed by atoms with Crippen molar-refractivity contribution >= 4 is 11.6 Å². The molecule has 112 valence electrons. The van der Waals surface area contributed by atoms with Crippen LogP contribution in [0.15, 0.2) is 36.7 Å². The van der Waals surface area contributed by atoms with Gasteiger partial charge in [-0.2, -0.15) is 0 Å². The van der Waals surface area contributed by atoms with E-state index in [1.54, 1.807) is 18.5 Å². The molecular formula is C15H17ClFN3O. The van der Waals surface area contributed by atoms with Crippen molar-refractivity contribution in [2.45, 2.75) is 26.0 Å². The average molecular weight is 310 g/mol. The molecule has 1 aromatic heterocycles. The first kappa shape index (κ1) is 15.7. The highest BCUT2D eigenvalue weighted by Gasteiger charge is 2.15. The Balaban J connectivity index is 2.34. The topological polar surface area (TPSA) is 60.2 Å². The summed E-state index contributed by atoms with van der Waals surface area (Å²) >= 11 is 5.70. The number of benzene rings is 1. The van der Waals surface area contributed by atoms with Crippen molar-refractivity contribution in [2.75, 3.05) is 0 Å². The van der Waals surface area contributed by atoms with Gasteiger partial charge in [0.2, 0.25) is 0 Å². The highest BCUT2D eigenvalue weighted by molar-refractivity contribution is 6.30. The van der Waals surface area contributed by atoms with Gasteiger partial charge in [0.1, 0.15) is 11.6 Å². The number of nitrogens with one attached hydrogen (secondary N) is 1. The van der Waals surface area contributed by atoms with E-state index in [-0.39, 0.29) is 11.1 Å². The molecule has 2 aromatic rings. The quantitative estimate of drug-likeness (QED) is 0.657. The summed E-state index contributed by atoms with van der Waals surface area (Å²) in [7, 11) is 0. The van der Waals surface area contributed by atoms with Crippen LogP contribution in [-0.2, 0) is 0 Å². The largest absolute Gasteiger partial charge is 0.489 e. The van der Waals surface area contributed by atoms with Gasteiger partial charge >= 0.3 is 0 Å². The number of hydrazine groups is 1. The van der Waals surface area contributed by atoms with Crippen molar-refractivity contribution in [3.8, 4) is 5.75 Å². The van der Waals surface area contributed by atoms with Crippen molar-refractivity contribution in [2.24, 2.45) is 5.84 Å². The molecule has 0 aliphatic rings. The Labute approximate surface area is 128 Å². The van der Waals surface area contributed by atoms with Gasteiger partial charge in [0.05, 0.1) is 23.4 Å². The number of rotatable bonds is 5. The van der Waals surface area contributed by atoms with Gasteiger partial charge < -0.3 is 4.74 Å². The minimum Gasteiger partial charge on any atom is -0.489 e. The third-order valence-corrected chi connectivity index (χ3v) is 3.19. The molecule has 4 nitrogen and oxygen atoms in total. The van der Waals surface area contributed by atoms with E-state index in [1.807, 2.05) is 19.9 Å². The van der Waals surface area contributed by atoms with E-state index in [0.717, 1.165) is 5.56 Å². The third kappa shape index (κ3) is 3.91. The zero-order valence-corrected chi connectivity index (χ0v) is 12.6. The zero-order chi connectivity index (χ0) is 15.4. The summed E-state index contributed by atoms with van der Waals surface area (Å²) in [5, 5.41) is 0.0736. The minimum atomic E-state index is -0.489. The average Bonchev–Trinajstić information content (AvgIpc) is 2.43. The standard InChI is InChI=1S/C15H17ClFN3O/c1-9(2)21-12-5-11(7-19-8-12)15(20-18)10-3-4-13(16)14(17)6-10/h3-9,15,20H,18H2,1-2H3. The van der Waals surface area contributed by atoms with Crippen molar-refractivity contribution in [3.63, 3.8) is 0 Å². The maximum atomic E-state index is 13.6. The Morgan fingerprint density at radius 2 is 2.00 bits per heavy atom. The summed E-state index contributed by atoms with van der Waals surface area (Å²) in [5.41, 5.74) is 4.09. The Morgan fingerprint density at radius 1 is 1.24 bits per heavy atom. The van der Waals surface area contributed by atoms with Crippen LogP contribution < -0.4 is 16.0 Å². The summed E-state index contributed by atoms with van der Waals surface area (Å²) in [6.07, 6.45) is 3.32. The fraction of sp³-hybridized carbons (Fsp3) is 0.267. The number of pyridine rings is 1. The fourth-order valence-electron chi connectivity index (χ4n) is 2.01. The van der Waals surface area contributed by atoms with Crippen LogP contribution >= 0.6 is 11.6 Å². The molecule has 1 aromatic carbocycles. The second-order valence-electron chi connectivity index (χ2n) is 4.89. The van der Waals surface area contributed by atoms with Crippen LogP contribution in [0.4, 0.5) is 4.39 Å². The maximum Gasteiger partial charge on any atom is 0.142 e. The molecule has 1 unspecified atom stereocenters. The summed E-state index contributed by atoms with van der Waals surface area (Å²) in [5.74, 6) is 5.75. The highest BCUT2D eigenvalue weighted by atomic mass is 35.5. The summed E-state index contributed by atoms with van der Waals surface area (Å²) in [4.78, 5) is 4.13. The lowest BCUT2D eigenvalue weighted by Gasteiger charge is -2.18. The SMILES string of the molecule is CC(C)Oc1cncc(C(NN)c2ccc(Cl)c(F)c2)c1. The summed E-state index contributed by atoms with van der Waals surface area (Å²) in [6.45, 7) is 3.86. The predicted octanol–water partition coefficient (Wildman–Crippen LogP) is 3.21. The number of hydrogen-bond acceptors (Lipinski definition) is 4. The van der Waals surface area contributed by atoms with E-state index in [4.69, 9.17) is 22.2 Å². The van der Waals surface area contributed by atoms with Crippen LogP contribution in [0.3, 0.4) is 0 Å². The molecule has 0 fully saturated rings. The van der Waals surface area contributed by atoms with Crippen molar-refractivity contribution in [1.29, 1.82) is 0 Å². The van der Waals surface area contributed by atoms with Gasteiger partial charge in [-0.1, -0.05) is 17.7 Å². The number of aromatic nitrogens is 1. The Kier molecular flexibility index (Phi) is 5.12. The lowest BCUT2D eigenvalue weighted by molar-refractivity contribution is 0.241. The van der Waals surface area contributed by atoms with Crippen molar-refractivity contribution in [3.05, 3.63) is 58.6 Å². The van der Waals surface area contributed by atoms with E-state index < -0.39 is 11.9 Å². The molecular weight excluding hydrogens is 293 g/mol. The number of hydrogen-bond donors (Lipinski definition) is 2. The number of ether oxygens (including phenoxy) is 1. The molecule has 0 saturated heterocycles. The molecule has 0 bridgehead atoms. The number of nitrogens with zero attached hydrogens (tertiary/aromatic N) is 1. The van der Waals surface area contributed by atoms with Crippen LogP contribution in [0.5, 0.6) is 5.75 Å². The van der Waals surface area contributed by atoms with Gasteiger partial charge in [-0.3, -0.25) is 10.8 Å². The second kappa shape index (κ2) is 6.85. The highest BCUT2D eigenvalue weighted by Crippen LogP contribution is 2.26. The minimum absolute atomic E-state index is 0.0410. The van der Waals surface area contributed by atoms with Crippen molar-refractivity contribution in [1.82, 2.24) is 10.4 Å². The molecule has 3 N–H and O–H groups in total. The first-order valence-corrected chi connectivity index (χ1v) is 6.91. The Bertz CT molecular complexity index is 622.